The van der Waals surface area contributed by atoms with Crippen LogP contribution in [-0.2, 0) is 5.41 Å². The summed E-state index contributed by atoms with van der Waals surface area (Å²) in [6.45, 7) is 7.90. The maximum absolute atomic E-state index is 11.1. The Hall–Kier alpha value is -1.69. The number of nitrogens with zero attached hydrogens (tertiary/aromatic N) is 3. The lowest BCUT2D eigenvalue weighted by Crippen LogP contribution is -2.19. The molecule has 0 aliphatic carbocycles. The van der Waals surface area contributed by atoms with Gasteiger partial charge in [0.15, 0.2) is 0 Å². The normalized spacial score (nSPS) is 11.7. The Balaban J connectivity index is 2.72. The first-order valence-corrected chi connectivity index (χ1v) is 6.97. The molecule has 0 saturated heterocycles. The average Bonchev–Trinajstić information content (AvgIpc) is 2.77. The van der Waals surface area contributed by atoms with Crippen LogP contribution in [-0.4, -0.2) is 25.8 Å². The molecule has 0 radical (unpaired) electrons. The first kappa shape index (κ1) is 14.7. The van der Waals surface area contributed by atoms with Crippen LogP contribution in [0.1, 0.15) is 42.8 Å². The molecular formula is C14H16BrN3O2. The molecule has 1 aromatic heterocycles. The molecule has 20 heavy (non-hydrogen) atoms. The third-order valence-corrected chi connectivity index (χ3v) is 3.90. The van der Waals surface area contributed by atoms with Gasteiger partial charge in [0.2, 0.25) is 0 Å². The molecule has 6 heteroatoms. The van der Waals surface area contributed by atoms with Crippen LogP contribution in [0.4, 0.5) is 0 Å². The van der Waals surface area contributed by atoms with Crippen LogP contribution in [0, 0.1) is 6.92 Å². The smallest absolute Gasteiger partial charge is 0.375 e. The van der Waals surface area contributed by atoms with Gasteiger partial charge in [-0.05, 0) is 34.5 Å². The second-order valence-electron chi connectivity index (χ2n) is 5.63. The molecular weight excluding hydrogens is 322 g/mol. The van der Waals surface area contributed by atoms with Crippen LogP contribution in [0.3, 0.4) is 0 Å². The van der Waals surface area contributed by atoms with Crippen molar-refractivity contribution in [1.29, 1.82) is 0 Å². The molecule has 1 N–H and O–H groups in total. The number of carboxylic acid groups (broad SMARTS) is 1. The largest absolute Gasteiger partial charge is 0.475 e. The number of halogens is 1. The predicted molar refractivity (Wildman–Crippen MR) is 79.5 cm³/mol. The second-order valence-corrected chi connectivity index (χ2v) is 6.43. The van der Waals surface area contributed by atoms with E-state index in [0.717, 1.165) is 15.7 Å². The molecule has 106 valence electrons. The van der Waals surface area contributed by atoms with Gasteiger partial charge in [-0.15, -0.1) is 5.10 Å². The van der Waals surface area contributed by atoms with Gasteiger partial charge in [-0.25, -0.2) is 14.5 Å². The van der Waals surface area contributed by atoms with Crippen LogP contribution in [0.15, 0.2) is 22.7 Å². The molecule has 2 aromatic rings. The summed E-state index contributed by atoms with van der Waals surface area (Å²) in [6, 6.07) is 5.76. The summed E-state index contributed by atoms with van der Waals surface area (Å²) in [5, 5.41) is 13.2. The molecule has 1 heterocycles. The van der Waals surface area contributed by atoms with Gasteiger partial charge in [0.05, 0.1) is 5.69 Å². The number of benzene rings is 1. The highest BCUT2D eigenvalue weighted by Crippen LogP contribution is 2.29. The molecule has 0 spiro atoms. The van der Waals surface area contributed by atoms with Gasteiger partial charge < -0.3 is 5.11 Å². The number of carboxylic acids is 1. The van der Waals surface area contributed by atoms with E-state index in [1.165, 1.54) is 0 Å². The second kappa shape index (κ2) is 5.01. The first-order chi connectivity index (χ1) is 9.21. The van der Waals surface area contributed by atoms with E-state index in [2.05, 4.69) is 26.0 Å². The van der Waals surface area contributed by atoms with Crippen molar-refractivity contribution in [3.05, 3.63) is 39.9 Å². The summed E-state index contributed by atoms with van der Waals surface area (Å²) in [7, 11) is 0. The van der Waals surface area contributed by atoms with Crippen LogP contribution >= 0.6 is 15.9 Å². The Labute approximate surface area is 125 Å². The minimum atomic E-state index is -1.13. The topological polar surface area (TPSA) is 68.0 Å². The summed E-state index contributed by atoms with van der Waals surface area (Å²) >= 11 is 3.53. The van der Waals surface area contributed by atoms with Crippen molar-refractivity contribution in [3.8, 4) is 5.69 Å². The third-order valence-electron chi connectivity index (χ3n) is 2.87. The van der Waals surface area contributed by atoms with E-state index in [1.807, 2.05) is 45.9 Å². The molecule has 0 amide bonds. The number of aromatic nitrogens is 3. The summed E-state index contributed by atoms with van der Waals surface area (Å²) in [5.41, 5.74) is 1.52. The zero-order chi connectivity index (χ0) is 15.1. The van der Waals surface area contributed by atoms with E-state index in [9.17, 15) is 4.79 Å². The number of hydrogen-bond acceptors (Lipinski definition) is 3. The number of hydrogen-bond donors (Lipinski definition) is 1. The summed E-state index contributed by atoms with van der Waals surface area (Å²) in [6.07, 6.45) is 0. The van der Waals surface area contributed by atoms with Crippen molar-refractivity contribution in [1.82, 2.24) is 14.8 Å². The van der Waals surface area contributed by atoms with Crippen molar-refractivity contribution < 1.29 is 9.90 Å². The lowest BCUT2D eigenvalue weighted by atomic mass is 9.95. The van der Waals surface area contributed by atoms with Gasteiger partial charge in [0, 0.05) is 9.89 Å². The highest BCUT2D eigenvalue weighted by atomic mass is 79.9. The van der Waals surface area contributed by atoms with Crippen molar-refractivity contribution in [2.75, 3.05) is 0 Å². The summed E-state index contributed by atoms with van der Waals surface area (Å²) in [5.74, 6) is -0.706. The number of carbonyl (C=O) groups is 1. The fourth-order valence-corrected chi connectivity index (χ4v) is 2.28. The van der Waals surface area contributed by atoms with Crippen molar-refractivity contribution in [2.45, 2.75) is 33.1 Å². The Morgan fingerprint density at radius 3 is 2.55 bits per heavy atom. The molecule has 0 aliphatic heterocycles. The fourth-order valence-electron chi connectivity index (χ4n) is 1.85. The SMILES string of the molecule is Cc1cccc(-n2nc(C(=O)O)nc2C(C)(C)C)c1Br. The van der Waals surface area contributed by atoms with Gasteiger partial charge in [-0.1, -0.05) is 32.9 Å². The fraction of sp³-hybridized carbons (Fsp3) is 0.357. The van der Waals surface area contributed by atoms with Gasteiger partial charge in [-0.2, -0.15) is 0 Å². The average molecular weight is 338 g/mol. The van der Waals surface area contributed by atoms with Crippen LogP contribution in [0.2, 0.25) is 0 Å². The van der Waals surface area contributed by atoms with Crippen molar-refractivity contribution in [3.63, 3.8) is 0 Å². The maximum Gasteiger partial charge on any atom is 0.375 e. The first-order valence-electron chi connectivity index (χ1n) is 6.18. The van der Waals surface area contributed by atoms with E-state index in [-0.39, 0.29) is 11.2 Å². The Kier molecular flexibility index (Phi) is 3.69. The van der Waals surface area contributed by atoms with E-state index in [1.54, 1.807) is 4.68 Å². The zero-order valence-electron chi connectivity index (χ0n) is 11.8. The molecule has 0 unspecified atom stereocenters. The van der Waals surface area contributed by atoms with Gasteiger partial charge in [0.25, 0.3) is 5.82 Å². The summed E-state index contributed by atoms with van der Waals surface area (Å²) in [4.78, 5) is 15.3. The quantitative estimate of drug-likeness (QED) is 0.912. The molecule has 0 fully saturated rings. The molecule has 5 nitrogen and oxygen atoms in total. The number of aromatic carboxylic acids is 1. The molecule has 0 saturated carbocycles. The summed E-state index contributed by atoms with van der Waals surface area (Å²) < 4.78 is 2.48. The van der Waals surface area contributed by atoms with Crippen LogP contribution in [0.25, 0.3) is 5.69 Å². The van der Waals surface area contributed by atoms with Crippen LogP contribution < -0.4 is 0 Å². The van der Waals surface area contributed by atoms with Crippen molar-refractivity contribution in [2.24, 2.45) is 0 Å². The number of rotatable bonds is 2. The Bertz CT molecular complexity index is 672. The van der Waals surface area contributed by atoms with Crippen molar-refractivity contribution >= 4 is 21.9 Å². The monoisotopic (exact) mass is 337 g/mol. The zero-order valence-corrected chi connectivity index (χ0v) is 13.4. The number of aryl methyl sites for hydroxylation is 1. The third kappa shape index (κ3) is 2.60. The molecule has 0 bridgehead atoms. The minimum Gasteiger partial charge on any atom is -0.475 e. The maximum atomic E-state index is 11.1. The van der Waals surface area contributed by atoms with Gasteiger partial charge in [-0.3, -0.25) is 0 Å². The van der Waals surface area contributed by atoms with Crippen LogP contribution in [0.5, 0.6) is 0 Å². The van der Waals surface area contributed by atoms with Gasteiger partial charge >= 0.3 is 5.97 Å². The standard InChI is InChI=1S/C14H16BrN3O2/c1-8-6-5-7-9(10(8)15)18-13(14(2,3)4)16-11(17-18)12(19)20/h5-7H,1-4H3,(H,19,20). The Morgan fingerprint density at radius 1 is 1.35 bits per heavy atom. The van der Waals surface area contributed by atoms with E-state index in [4.69, 9.17) is 5.11 Å². The van der Waals surface area contributed by atoms with E-state index >= 15 is 0 Å². The highest BCUT2D eigenvalue weighted by Gasteiger charge is 2.26. The molecule has 0 aliphatic rings. The van der Waals surface area contributed by atoms with E-state index in [0.29, 0.717) is 5.82 Å². The molecule has 1 aromatic carbocycles. The Morgan fingerprint density at radius 2 is 2.00 bits per heavy atom. The molecule has 0 atom stereocenters. The molecule has 2 rings (SSSR count). The minimum absolute atomic E-state index is 0.191. The predicted octanol–water partition coefficient (Wildman–Crippen LogP) is 3.33. The van der Waals surface area contributed by atoms with Gasteiger partial charge in [0.1, 0.15) is 5.82 Å². The highest BCUT2D eigenvalue weighted by molar-refractivity contribution is 9.10. The lowest BCUT2D eigenvalue weighted by Gasteiger charge is -2.19. The lowest BCUT2D eigenvalue weighted by molar-refractivity contribution is 0.0683. The van der Waals surface area contributed by atoms with E-state index < -0.39 is 5.97 Å².